The summed E-state index contributed by atoms with van der Waals surface area (Å²) in [5.41, 5.74) is 4.45. The normalized spacial score (nSPS) is 18.4. The van der Waals surface area contributed by atoms with Crippen molar-refractivity contribution in [3.05, 3.63) is 47.8 Å². The summed E-state index contributed by atoms with van der Waals surface area (Å²) in [4.78, 5) is 20.6. The molecule has 0 aliphatic carbocycles. The van der Waals surface area contributed by atoms with E-state index in [1.54, 1.807) is 12.3 Å². The minimum Gasteiger partial charge on any atom is -0.496 e. The number of rotatable bonds is 6. The number of amides is 1. The van der Waals surface area contributed by atoms with E-state index in [4.69, 9.17) is 4.74 Å². The maximum Gasteiger partial charge on any atom is 0.406 e. The monoisotopic (exact) mass is 487 g/mol. The molecule has 1 atom stereocenters. The van der Waals surface area contributed by atoms with Crippen LogP contribution in [0.2, 0.25) is 0 Å². The van der Waals surface area contributed by atoms with Crippen molar-refractivity contribution < 1.29 is 22.7 Å². The topological polar surface area (TPSA) is 62.1 Å². The second kappa shape index (κ2) is 9.07. The summed E-state index contributed by atoms with van der Waals surface area (Å²) in [6, 6.07) is 7.71. The fourth-order valence-corrected chi connectivity index (χ4v) is 5.21. The highest BCUT2D eigenvalue weighted by Crippen LogP contribution is 2.35. The third-order valence-electron chi connectivity index (χ3n) is 6.86. The van der Waals surface area contributed by atoms with Crippen molar-refractivity contribution in [3.63, 3.8) is 0 Å². The number of imidazole rings is 1. The Morgan fingerprint density at radius 3 is 2.80 bits per heavy atom. The average molecular weight is 488 g/mol. The number of methoxy groups -OCH3 is 1. The minimum atomic E-state index is -4.45. The standard InChI is InChI=1S/C25H28F3N5O2/c1-29-12-16-3-6-31(14-16)19-5-8-33-20(13-30-22(33)11-19)18-9-17-4-7-32(15-25(26,27)28)24(34)23(17)21(10-18)35-2/h5,8-11,13,16,29H,3-4,6-7,12,14-15H2,1-2H3. The second-order valence-electron chi connectivity index (χ2n) is 9.22. The largest absolute Gasteiger partial charge is 0.496 e. The first-order valence-corrected chi connectivity index (χ1v) is 11.7. The van der Waals surface area contributed by atoms with Crippen LogP contribution in [0.3, 0.4) is 0 Å². The number of halogens is 3. The van der Waals surface area contributed by atoms with Crippen molar-refractivity contribution in [1.82, 2.24) is 19.6 Å². The van der Waals surface area contributed by atoms with Gasteiger partial charge in [-0.2, -0.15) is 13.2 Å². The number of nitrogens with one attached hydrogen (secondary N) is 1. The molecule has 10 heteroatoms. The second-order valence-corrected chi connectivity index (χ2v) is 9.22. The number of hydrogen-bond donors (Lipinski definition) is 1. The Kier molecular flexibility index (Phi) is 6.08. The minimum absolute atomic E-state index is 0.0127. The van der Waals surface area contributed by atoms with Crippen LogP contribution in [0, 0.1) is 5.92 Å². The molecule has 2 aliphatic heterocycles. The molecule has 1 N–H and O–H groups in total. The van der Waals surface area contributed by atoms with E-state index in [0.29, 0.717) is 17.9 Å². The third kappa shape index (κ3) is 4.54. The first kappa shape index (κ1) is 23.5. The smallest absolute Gasteiger partial charge is 0.406 e. The molecule has 1 amide bonds. The molecule has 4 heterocycles. The lowest BCUT2D eigenvalue weighted by atomic mass is 9.94. The van der Waals surface area contributed by atoms with E-state index in [9.17, 15) is 18.0 Å². The van der Waals surface area contributed by atoms with E-state index in [1.807, 2.05) is 23.7 Å². The van der Waals surface area contributed by atoms with Gasteiger partial charge in [0.25, 0.3) is 5.91 Å². The Balaban J connectivity index is 1.45. The van der Waals surface area contributed by atoms with E-state index >= 15 is 0 Å². The molecular formula is C25H28F3N5O2. The lowest BCUT2D eigenvalue weighted by Crippen LogP contribution is -2.43. The van der Waals surface area contributed by atoms with Crippen molar-refractivity contribution in [3.8, 4) is 17.0 Å². The van der Waals surface area contributed by atoms with Crippen LogP contribution in [0.5, 0.6) is 5.75 Å². The highest BCUT2D eigenvalue weighted by Gasteiger charge is 2.37. The third-order valence-corrected chi connectivity index (χ3v) is 6.86. The van der Waals surface area contributed by atoms with E-state index < -0.39 is 18.6 Å². The van der Waals surface area contributed by atoms with E-state index in [-0.39, 0.29) is 17.9 Å². The van der Waals surface area contributed by atoms with Gasteiger partial charge in [0.15, 0.2) is 0 Å². The van der Waals surface area contributed by atoms with Gasteiger partial charge in [0.2, 0.25) is 0 Å². The van der Waals surface area contributed by atoms with Gasteiger partial charge in [-0.1, -0.05) is 0 Å². The zero-order valence-corrected chi connectivity index (χ0v) is 19.7. The molecule has 1 fully saturated rings. The van der Waals surface area contributed by atoms with Gasteiger partial charge in [0.1, 0.15) is 17.9 Å². The van der Waals surface area contributed by atoms with Crippen molar-refractivity contribution in [2.75, 3.05) is 51.8 Å². The first-order chi connectivity index (χ1) is 16.8. The van der Waals surface area contributed by atoms with Crippen molar-refractivity contribution >= 4 is 17.2 Å². The van der Waals surface area contributed by atoms with Crippen LogP contribution < -0.4 is 15.0 Å². The number of fused-ring (bicyclic) bond motifs is 2. The molecule has 3 aromatic rings. The van der Waals surface area contributed by atoms with Crippen LogP contribution in [0.15, 0.2) is 36.7 Å². The van der Waals surface area contributed by atoms with Gasteiger partial charge in [-0.25, -0.2) is 4.98 Å². The van der Waals surface area contributed by atoms with Gasteiger partial charge >= 0.3 is 6.18 Å². The molecule has 2 aliphatic rings. The zero-order chi connectivity index (χ0) is 24.7. The molecule has 1 unspecified atom stereocenters. The van der Waals surface area contributed by atoms with Gasteiger partial charge < -0.3 is 19.9 Å². The number of carbonyl (C=O) groups excluding carboxylic acids is 1. The zero-order valence-electron chi connectivity index (χ0n) is 19.7. The van der Waals surface area contributed by atoms with Gasteiger partial charge in [-0.05, 0) is 56.1 Å². The quantitative estimate of drug-likeness (QED) is 0.576. The van der Waals surface area contributed by atoms with Crippen LogP contribution in [0.25, 0.3) is 16.9 Å². The Morgan fingerprint density at radius 1 is 1.23 bits per heavy atom. The number of anilines is 1. The van der Waals surface area contributed by atoms with Gasteiger partial charge in [0.05, 0.1) is 24.6 Å². The summed E-state index contributed by atoms with van der Waals surface area (Å²) in [5, 5.41) is 3.25. The van der Waals surface area contributed by atoms with E-state index in [2.05, 4.69) is 27.3 Å². The van der Waals surface area contributed by atoms with Crippen LogP contribution in [-0.4, -0.2) is 73.2 Å². The lowest BCUT2D eigenvalue weighted by Gasteiger charge is -2.30. The summed E-state index contributed by atoms with van der Waals surface area (Å²) >= 11 is 0. The van der Waals surface area contributed by atoms with Crippen LogP contribution in [-0.2, 0) is 6.42 Å². The molecule has 186 valence electrons. The van der Waals surface area contributed by atoms with E-state index in [1.165, 1.54) is 7.11 Å². The van der Waals surface area contributed by atoms with E-state index in [0.717, 1.165) is 53.5 Å². The maximum absolute atomic E-state index is 12.9. The summed E-state index contributed by atoms with van der Waals surface area (Å²) in [6.45, 7) is 1.77. The van der Waals surface area contributed by atoms with Gasteiger partial charge in [-0.3, -0.25) is 9.20 Å². The molecular weight excluding hydrogens is 459 g/mol. The Morgan fingerprint density at radius 2 is 2.06 bits per heavy atom. The maximum atomic E-state index is 12.9. The molecule has 1 aromatic carbocycles. The van der Waals surface area contributed by atoms with Crippen molar-refractivity contribution in [2.45, 2.75) is 19.0 Å². The predicted octanol–water partition coefficient (Wildman–Crippen LogP) is 3.62. The number of carbonyl (C=O) groups is 1. The number of pyridine rings is 1. The number of nitrogens with zero attached hydrogens (tertiary/aromatic N) is 4. The SMILES string of the molecule is CNCC1CCN(c2ccn3c(-c4cc5c(c(OC)c4)C(=O)N(CC(F)(F)F)CC5)cnc3c2)C1. The number of alkyl halides is 3. The fourth-order valence-electron chi connectivity index (χ4n) is 5.21. The summed E-state index contributed by atoms with van der Waals surface area (Å²) in [5.74, 6) is 0.245. The highest BCUT2D eigenvalue weighted by atomic mass is 19.4. The molecule has 1 saturated heterocycles. The summed E-state index contributed by atoms with van der Waals surface area (Å²) in [7, 11) is 3.40. The summed E-state index contributed by atoms with van der Waals surface area (Å²) < 4.78 is 46.2. The number of ether oxygens (including phenoxy) is 1. The van der Waals surface area contributed by atoms with Gasteiger partial charge in [-0.15, -0.1) is 0 Å². The molecule has 0 spiro atoms. The summed E-state index contributed by atoms with van der Waals surface area (Å²) in [6.07, 6.45) is 0.790. The molecule has 5 rings (SSSR count). The molecule has 35 heavy (non-hydrogen) atoms. The number of aromatic nitrogens is 2. The molecule has 0 saturated carbocycles. The fraction of sp³-hybridized carbons (Fsp3) is 0.440. The number of hydrogen-bond acceptors (Lipinski definition) is 5. The lowest BCUT2D eigenvalue weighted by molar-refractivity contribution is -0.141. The molecule has 2 aromatic heterocycles. The van der Waals surface area contributed by atoms with Crippen LogP contribution in [0.4, 0.5) is 18.9 Å². The van der Waals surface area contributed by atoms with Gasteiger partial charge in [0, 0.05) is 43.1 Å². The Bertz CT molecular complexity index is 1240. The Labute approximate surface area is 201 Å². The van der Waals surface area contributed by atoms with Crippen molar-refractivity contribution in [1.29, 1.82) is 0 Å². The Hall–Kier alpha value is -3.27. The first-order valence-electron chi connectivity index (χ1n) is 11.7. The average Bonchev–Trinajstić information content (AvgIpc) is 3.46. The molecule has 0 radical (unpaired) electrons. The highest BCUT2D eigenvalue weighted by molar-refractivity contribution is 6.00. The molecule has 0 bridgehead atoms. The number of benzene rings is 1. The molecule has 7 nitrogen and oxygen atoms in total. The van der Waals surface area contributed by atoms with Crippen molar-refractivity contribution in [2.24, 2.45) is 5.92 Å². The van der Waals surface area contributed by atoms with Crippen LogP contribution in [0.1, 0.15) is 22.3 Å². The predicted molar refractivity (Wildman–Crippen MR) is 127 cm³/mol. The van der Waals surface area contributed by atoms with Crippen LogP contribution >= 0.6 is 0 Å².